The molecule has 1 rings (SSSR count). The zero-order chi connectivity index (χ0) is 14.6. The fourth-order valence-electron chi connectivity index (χ4n) is 1.66. The van der Waals surface area contributed by atoms with Gasteiger partial charge >= 0.3 is 0 Å². The molecule has 112 valence electrons. The third-order valence-corrected chi connectivity index (χ3v) is 3.35. The maximum atomic E-state index is 11.6. The van der Waals surface area contributed by atoms with Gasteiger partial charge in [0.25, 0.3) is 0 Å². The van der Waals surface area contributed by atoms with Crippen LogP contribution in [0.1, 0.15) is 26.2 Å². The molecule has 0 aliphatic rings. The Hall–Kier alpha value is -1.07. The number of para-hydroxylation sites is 1. The molecule has 5 heteroatoms. The number of nitrogens with one attached hydrogen (secondary N) is 2. The number of carbonyl (C=O) groups excluding carboxylic acids is 1. The Morgan fingerprint density at radius 3 is 2.80 bits per heavy atom. The van der Waals surface area contributed by atoms with Crippen LogP contribution in [0.2, 0.25) is 0 Å². The fourth-order valence-corrected chi connectivity index (χ4v) is 2.06. The average molecular weight is 343 g/mol. The molecule has 0 spiro atoms. The predicted molar refractivity (Wildman–Crippen MR) is 85.0 cm³/mol. The summed E-state index contributed by atoms with van der Waals surface area (Å²) in [5, 5.41) is 6.13. The third kappa shape index (κ3) is 7.50. The Bertz CT molecular complexity index is 399. The molecule has 0 radical (unpaired) electrons. The molecular formula is C15H23BrN2O2. The van der Waals surface area contributed by atoms with E-state index in [1.54, 1.807) is 0 Å². The Kier molecular flexibility index (Phi) is 9.07. The van der Waals surface area contributed by atoms with Crippen molar-refractivity contribution in [2.24, 2.45) is 0 Å². The largest absolute Gasteiger partial charge is 0.492 e. The van der Waals surface area contributed by atoms with Gasteiger partial charge in [-0.15, -0.1) is 0 Å². The lowest BCUT2D eigenvalue weighted by molar-refractivity contribution is -0.121. The van der Waals surface area contributed by atoms with E-state index in [-0.39, 0.29) is 5.91 Å². The molecule has 0 unspecified atom stereocenters. The van der Waals surface area contributed by atoms with Crippen LogP contribution in [0.3, 0.4) is 0 Å². The SMILES string of the molecule is CCCNCCNC(=O)CCCOc1ccccc1Br. The van der Waals surface area contributed by atoms with Crippen molar-refractivity contribution in [3.63, 3.8) is 0 Å². The maximum absolute atomic E-state index is 11.6. The summed E-state index contributed by atoms with van der Waals surface area (Å²) in [4.78, 5) is 11.6. The van der Waals surface area contributed by atoms with E-state index in [2.05, 4.69) is 33.5 Å². The molecule has 0 atom stereocenters. The second-order valence-corrected chi connectivity index (χ2v) is 5.34. The summed E-state index contributed by atoms with van der Waals surface area (Å²) in [5.41, 5.74) is 0. The smallest absolute Gasteiger partial charge is 0.220 e. The summed E-state index contributed by atoms with van der Waals surface area (Å²) in [7, 11) is 0. The van der Waals surface area contributed by atoms with Crippen LogP contribution in [0.15, 0.2) is 28.7 Å². The number of rotatable bonds is 10. The van der Waals surface area contributed by atoms with Crippen molar-refractivity contribution >= 4 is 21.8 Å². The minimum absolute atomic E-state index is 0.0824. The fraction of sp³-hybridized carbons (Fsp3) is 0.533. The van der Waals surface area contributed by atoms with Gasteiger partial charge in [-0.05, 0) is 47.4 Å². The van der Waals surface area contributed by atoms with Gasteiger partial charge in [0.05, 0.1) is 11.1 Å². The summed E-state index contributed by atoms with van der Waals surface area (Å²) in [6.07, 6.45) is 2.33. The van der Waals surface area contributed by atoms with E-state index < -0.39 is 0 Å². The lowest BCUT2D eigenvalue weighted by atomic mass is 10.3. The highest BCUT2D eigenvalue weighted by Gasteiger charge is 2.02. The zero-order valence-electron chi connectivity index (χ0n) is 12.0. The molecule has 0 bridgehead atoms. The Morgan fingerprint density at radius 1 is 1.25 bits per heavy atom. The second kappa shape index (κ2) is 10.7. The number of benzene rings is 1. The number of halogens is 1. The lowest BCUT2D eigenvalue weighted by Crippen LogP contribution is -2.32. The van der Waals surface area contributed by atoms with Crippen LogP contribution in [-0.4, -0.2) is 32.1 Å². The first-order valence-electron chi connectivity index (χ1n) is 7.08. The minimum Gasteiger partial charge on any atom is -0.492 e. The van der Waals surface area contributed by atoms with Crippen molar-refractivity contribution in [2.75, 3.05) is 26.2 Å². The van der Waals surface area contributed by atoms with E-state index >= 15 is 0 Å². The van der Waals surface area contributed by atoms with Crippen molar-refractivity contribution in [3.05, 3.63) is 28.7 Å². The van der Waals surface area contributed by atoms with Gasteiger partial charge in [-0.2, -0.15) is 0 Å². The summed E-state index contributed by atoms with van der Waals surface area (Å²) in [6.45, 7) is 5.17. The summed E-state index contributed by atoms with van der Waals surface area (Å²) in [6, 6.07) is 7.71. The molecule has 0 aromatic heterocycles. The molecule has 20 heavy (non-hydrogen) atoms. The van der Waals surface area contributed by atoms with E-state index in [1.807, 2.05) is 24.3 Å². The molecule has 0 aliphatic heterocycles. The van der Waals surface area contributed by atoms with Crippen LogP contribution in [0, 0.1) is 0 Å². The summed E-state index contributed by atoms with van der Waals surface area (Å²) >= 11 is 3.42. The van der Waals surface area contributed by atoms with Gasteiger partial charge in [0.15, 0.2) is 0 Å². The van der Waals surface area contributed by atoms with Crippen molar-refractivity contribution in [2.45, 2.75) is 26.2 Å². The van der Waals surface area contributed by atoms with Crippen LogP contribution in [0.25, 0.3) is 0 Å². The van der Waals surface area contributed by atoms with Crippen LogP contribution >= 0.6 is 15.9 Å². The maximum Gasteiger partial charge on any atom is 0.220 e. The standard InChI is InChI=1S/C15H23BrN2O2/c1-2-9-17-10-11-18-15(19)8-5-12-20-14-7-4-3-6-13(14)16/h3-4,6-7,17H,2,5,8-12H2,1H3,(H,18,19). The Morgan fingerprint density at radius 2 is 2.05 bits per heavy atom. The molecule has 1 aromatic carbocycles. The van der Waals surface area contributed by atoms with E-state index in [1.165, 1.54) is 0 Å². The van der Waals surface area contributed by atoms with Gasteiger partial charge in [-0.3, -0.25) is 4.79 Å². The second-order valence-electron chi connectivity index (χ2n) is 4.48. The number of amides is 1. The molecule has 4 nitrogen and oxygen atoms in total. The predicted octanol–water partition coefficient (Wildman–Crippen LogP) is 2.72. The zero-order valence-corrected chi connectivity index (χ0v) is 13.5. The van der Waals surface area contributed by atoms with Crippen LogP contribution in [-0.2, 0) is 4.79 Å². The van der Waals surface area contributed by atoms with E-state index in [0.29, 0.717) is 19.6 Å². The lowest BCUT2D eigenvalue weighted by Gasteiger charge is -2.08. The number of hydrogen-bond acceptors (Lipinski definition) is 3. The van der Waals surface area contributed by atoms with Crippen molar-refractivity contribution < 1.29 is 9.53 Å². The normalized spacial score (nSPS) is 10.3. The highest BCUT2D eigenvalue weighted by Crippen LogP contribution is 2.23. The van der Waals surface area contributed by atoms with Crippen molar-refractivity contribution in [1.29, 1.82) is 0 Å². The molecule has 2 N–H and O–H groups in total. The average Bonchev–Trinajstić information content (AvgIpc) is 2.45. The molecule has 0 fully saturated rings. The Labute approximate surface area is 129 Å². The number of hydrogen-bond donors (Lipinski definition) is 2. The monoisotopic (exact) mass is 342 g/mol. The molecule has 1 aromatic rings. The minimum atomic E-state index is 0.0824. The highest BCUT2D eigenvalue weighted by molar-refractivity contribution is 9.10. The first-order chi connectivity index (χ1) is 9.74. The van der Waals surface area contributed by atoms with Gasteiger partial charge in [0, 0.05) is 19.5 Å². The third-order valence-electron chi connectivity index (χ3n) is 2.69. The van der Waals surface area contributed by atoms with Crippen LogP contribution in [0.5, 0.6) is 5.75 Å². The number of ether oxygens (including phenoxy) is 1. The summed E-state index contributed by atoms with van der Waals surface area (Å²) < 4.78 is 6.54. The Balaban J connectivity index is 2.03. The van der Waals surface area contributed by atoms with Crippen molar-refractivity contribution in [1.82, 2.24) is 10.6 Å². The molecule has 0 aliphatic carbocycles. The van der Waals surface area contributed by atoms with Gasteiger partial charge in [-0.1, -0.05) is 19.1 Å². The van der Waals surface area contributed by atoms with E-state index in [0.717, 1.165) is 36.2 Å². The first-order valence-corrected chi connectivity index (χ1v) is 7.88. The highest BCUT2D eigenvalue weighted by atomic mass is 79.9. The van der Waals surface area contributed by atoms with Gasteiger partial charge in [-0.25, -0.2) is 0 Å². The summed E-state index contributed by atoms with van der Waals surface area (Å²) in [5.74, 6) is 0.899. The van der Waals surface area contributed by atoms with Gasteiger partial charge < -0.3 is 15.4 Å². The molecule has 0 heterocycles. The van der Waals surface area contributed by atoms with E-state index in [4.69, 9.17) is 4.74 Å². The molecule has 0 saturated heterocycles. The molecule has 0 saturated carbocycles. The van der Waals surface area contributed by atoms with Crippen LogP contribution < -0.4 is 15.4 Å². The quantitative estimate of drug-likeness (QED) is 0.643. The van der Waals surface area contributed by atoms with Gasteiger partial charge in [0.2, 0.25) is 5.91 Å². The van der Waals surface area contributed by atoms with E-state index in [9.17, 15) is 4.79 Å². The topological polar surface area (TPSA) is 50.4 Å². The van der Waals surface area contributed by atoms with Gasteiger partial charge in [0.1, 0.15) is 5.75 Å². The van der Waals surface area contributed by atoms with Crippen molar-refractivity contribution in [3.8, 4) is 5.75 Å². The number of carbonyl (C=O) groups is 1. The van der Waals surface area contributed by atoms with Crippen LogP contribution in [0.4, 0.5) is 0 Å². The molecule has 1 amide bonds. The molecular weight excluding hydrogens is 320 g/mol. The first kappa shape index (κ1) is 17.0.